The molecular formula is C15H33N3O. The van der Waals surface area contributed by atoms with E-state index >= 15 is 0 Å². The Labute approximate surface area is 119 Å². The van der Waals surface area contributed by atoms with Gasteiger partial charge in [0, 0.05) is 45.3 Å². The largest absolute Gasteiger partial charge is 0.389 e. The van der Waals surface area contributed by atoms with Crippen LogP contribution in [0.25, 0.3) is 0 Å². The SMILES string of the molecule is CNC(C)C(C)(C)CN1CCN(CC(C)(C)O)CC1. The normalized spacial score (nSPS) is 21.6. The van der Waals surface area contributed by atoms with Gasteiger partial charge in [-0.15, -0.1) is 0 Å². The third kappa shape index (κ3) is 5.78. The highest BCUT2D eigenvalue weighted by Gasteiger charge is 2.29. The van der Waals surface area contributed by atoms with Crippen molar-refractivity contribution in [2.45, 2.75) is 46.3 Å². The minimum atomic E-state index is -0.581. The van der Waals surface area contributed by atoms with Crippen LogP contribution in [0.15, 0.2) is 0 Å². The molecule has 0 radical (unpaired) electrons. The van der Waals surface area contributed by atoms with Gasteiger partial charge in [0.05, 0.1) is 5.60 Å². The first-order chi connectivity index (χ1) is 8.64. The molecule has 0 saturated carbocycles. The zero-order valence-electron chi connectivity index (χ0n) is 13.7. The summed E-state index contributed by atoms with van der Waals surface area (Å²) < 4.78 is 0. The van der Waals surface area contributed by atoms with E-state index in [4.69, 9.17) is 0 Å². The van der Waals surface area contributed by atoms with E-state index in [1.165, 1.54) is 0 Å². The van der Waals surface area contributed by atoms with Gasteiger partial charge in [0.25, 0.3) is 0 Å². The van der Waals surface area contributed by atoms with Gasteiger partial charge in [0.15, 0.2) is 0 Å². The van der Waals surface area contributed by atoms with Gasteiger partial charge >= 0.3 is 0 Å². The second-order valence-electron chi connectivity index (χ2n) is 7.36. The monoisotopic (exact) mass is 271 g/mol. The third-order valence-corrected chi connectivity index (χ3v) is 4.31. The summed E-state index contributed by atoms with van der Waals surface area (Å²) in [5, 5.41) is 13.2. The Hall–Kier alpha value is -0.160. The lowest BCUT2D eigenvalue weighted by atomic mass is 9.84. The second kappa shape index (κ2) is 6.53. The molecule has 0 amide bonds. The molecule has 4 heteroatoms. The molecule has 1 heterocycles. The molecular weight excluding hydrogens is 238 g/mol. The zero-order chi connectivity index (χ0) is 14.7. The molecule has 1 fully saturated rings. The molecule has 0 aromatic carbocycles. The van der Waals surface area contributed by atoms with E-state index < -0.39 is 5.60 Å². The van der Waals surface area contributed by atoms with Gasteiger partial charge < -0.3 is 15.3 Å². The lowest BCUT2D eigenvalue weighted by Crippen LogP contribution is -2.54. The molecule has 0 spiro atoms. The van der Waals surface area contributed by atoms with Crippen LogP contribution in [0.2, 0.25) is 0 Å². The number of aliphatic hydroxyl groups is 1. The van der Waals surface area contributed by atoms with Crippen molar-refractivity contribution in [1.29, 1.82) is 0 Å². The van der Waals surface area contributed by atoms with Crippen molar-refractivity contribution in [3.63, 3.8) is 0 Å². The van der Waals surface area contributed by atoms with Crippen molar-refractivity contribution in [2.75, 3.05) is 46.3 Å². The van der Waals surface area contributed by atoms with Crippen molar-refractivity contribution in [3.05, 3.63) is 0 Å². The van der Waals surface area contributed by atoms with Crippen molar-refractivity contribution in [3.8, 4) is 0 Å². The molecule has 2 N–H and O–H groups in total. The number of piperazine rings is 1. The van der Waals surface area contributed by atoms with Crippen LogP contribution in [-0.4, -0.2) is 72.9 Å². The van der Waals surface area contributed by atoms with Crippen molar-refractivity contribution in [1.82, 2.24) is 15.1 Å². The van der Waals surface area contributed by atoms with E-state index in [0.29, 0.717) is 6.04 Å². The average molecular weight is 271 g/mol. The Morgan fingerprint density at radius 2 is 1.42 bits per heavy atom. The smallest absolute Gasteiger partial charge is 0.0718 e. The molecule has 0 aromatic rings. The molecule has 4 nitrogen and oxygen atoms in total. The van der Waals surface area contributed by atoms with E-state index in [1.54, 1.807) is 0 Å². The molecule has 0 aliphatic carbocycles. The van der Waals surface area contributed by atoms with Crippen LogP contribution in [0.3, 0.4) is 0 Å². The Morgan fingerprint density at radius 1 is 1.00 bits per heavy atom. The first-order valence-electron chi connectivity index (χ1n) is 7.48. The van der Waals surface area contributed by atoms with Crippen LogP contribution in [0.4, 0.5) is 0 Å². The summed E-state index contributed by atoms with van der Waals surface area (Å²) in [7, 11) is 2.04. The predicted molar refractivity (Wildman–Crippen MR) is 81.5 cm³/mol. The lowest BCUT2D eigenvalue weighted by molar-refractivity contribution is 0.0108. The average Bonchev–Trinajstić information content (AvgIpc) is 2.28. The topological polar surface area (TPSA) is 38.7 Å². The lowest BCUT2D eigenvalue weighted by Gasteiger charge is -2.42. The quantitative estimate of drug-likeness (QED) is 0.756. The summed E-state index contributed by atoms with van der Waals surface area (Å²) in [6.07, 6.45) is 0. The van der Waals surface area contributed by atoms with Gasteiger partial charge in [0.1, 0.15) is 0 Å². The van der Waals surface area contributed by atoms with Gasteiger partial charge in [-0.05, 0) is 33.2 Å². The predicted octanol–water partition coefficient (Wildman–Crippen LogP) is 1.01. The van der Waals surface area contributed by atoms with Crippen molar-refractivity contribution < 1.29 is 5.11 Å². The van der Waals surface area contributed by atoms with E-state index in [9.17, 15) is 5.11 Å². The zero-order valence-corrected chi connectivity index (χ0v) is 13.7. The van der Waals surface area contributed by atoms with Crippen molar-refractivity contribution in [2.24, 2.45) is 5.41 Å². The standard InChI is InChI=1S/C15H33N3O/c1-13(16-6)14(2,3)11-17-7-9-18(10-8-17)12-15(4,5)19/h13,16,19H,7-12H2,1-6H3. The summed E-state index contributed by atoms with van der Waals surface area (Å²) in [5.74, 6) is 0. The Morgan fingerprint density at radius 3 is 1.79 bits per heavy atom. The maximum absolute atomic E-state index is 9.86. The highest BCUT2D eigenvalue weighted by molar-refractivity contribution is 4.85. The van der Waals surface area contributed by atoms with E-state index in [-0.39, 0.29) is 5.41 Å². The Balaban J connectivity index is 2.38. The fourth-order valence-electron chi connectivity index (χ4n) is 2.76. The number of hydrogen-bond acceptors (Lipinski definition) is 4. The molecule has 1 unspecified atom stereocenters. The third-order valence-electron chi connectivity index (χ3n) is 4.31. The van der Waals surface area contributed by atoms with Crippen LogP contribution in [0.5, 0.6) is 0 Å². The fourth-order valence-corrected chi connectivity index (χ4v) is 2.76. The second-order valence-corrected chi connectivity index (χ2v) is 7.36. The highest BCUT2D eigenvalue weighted by atomic mass is 16.3. The Bertz CT molecular complexity index is 265. The van der Waals surface area contributed by atoms with Crippen LogP contribution in [-0.2, 0) is 0 Å². The highest BCUT2D eigenvalue weighted by Crippen LogP contribution is 2.22. The minimum absolute atomic E-state index is 0.285. The van der Waals surface area contributed by atoms with Gasteiger partial charge in [0.2, 0.25) is 0 Å². The molecule has 0 bridgehead atoms. The number of nitrogens with one attached hydrogen (secondary N) is 1. The van der Waals surface area contributed by atoms with Crippen LogP contribution in [0.1, 0.15) is 34.6 Å². The number of hydrogen-bond donors (Lipinski definition) is 2. The van der Waals surface area contributed by atoms with E-state index in [1.807, 2.05) is 20.9 Å². The first-order valence-corrected chi connectivity index (χ1v) is 7.48. The summed E-state index contributed by atoms with van der Waals surface area (Å²) >= 11 is 0. The van der Waals surface area contributed by atoms with E-state index in [0.717, 1.165) is 39.3 Å². The van der Waals surface area contributed by atoms with Crippen LogP contribution in [0, 0.1) is 5.41 Å². The molecule has 1 atom stereocenters. The van der Waals surface area contributed by atoms with Gasteiger partial charge in [-0.25, -0.2) is 0 Å². The molecule has 114 valence electrons. The number of β-amino-alcohol motifs (C(OH)–C–C–N with tert-alkyl or cyclic N) is 1. The van der Waals surface area contributed by atoms with Gasteiger partial charge in [-0.2, -0.15) is 0 Å². The number of rotatable bonds is 6. The van der Waals surface area contributed by atoms with Crippen LogP contribution >= 0.6 is 0 Å². The summed E-state index contributed by atoms with van der Waals surface area (Å²) in [6.45, 7) is 16.9. The molecule has 19 heavy (non-hydrogen) atoms. The molecule has 0 aromatic heterocycles. The first kappa shape index (κ1) is 16.9. The summed E-state index contributed by atoms with van der Waals surface area (Å²) in [5.41, 5.74) is -0.296. The summed E-state index contributed by atoms with van der Waals surface area (Å²) in [6, 6.07) is 0.516. The van der Waals surface area contributed by atoms with E-state index in [2.05, 4.69) is 35.9 Å². The molecule has 1 aliphatic heterocycles. The summed E-state index contributed by atoms with van der Waals surface area (Å²) in [4.78, 5) is 4.92. The van der Waals surface area contributed by atoms with Gasteiger partial charge in [-0.3, -0.25) is 4.90 Å². The number of nitrogens with zero attached hydrogens (tertiary/aromatic N) is 2. The van der Waals surface area contributed by atoms with Gasteiger partial charge in [-0.1, -0.05) is 13.8 Å². The Kier molecular flexibility index (Phi) is 5.80. The van der Waals surface area contributed by atoms with Crippen LogP contribution < -0.4 is 5.32 Å². The molecule has 1 aliphatic rings. The minimum Gasteiger partial charge on any atom is -0.389 e. The maximum atomic E-state index is 9.86. The maximum Gasteiger partial charge on any atom is 0.0718 e. The van der Waals surface area contributed by atoms with Crippen molar-refractivity contribution >= 4 is 0 Å². The fraction of sp³-hybridized carbons (Fsp3) is 1.00. The molecule has 1 saturated heterocycles. The molecule has 1 rings (SSSR count).